The second kappa shape index (κ2) is 18.3. The van der Waals surface area contributed by atoms with Crippen LogP contribution in [0.25, 0.3) is 0 Å². The highest BCUT2D eigenvalue weighted by Crippen LogP contribution is 2.28. The smallest absolute Gasteiger partial charge is 0.388 e. The maximum Gasteiger partial charge on any atom is 0.574 e. The van der Waals surface area contributed by atoms with Crippen LogP contribution in [-0.4, -0.2) is 73.4 Å². The summed E-state index contributed by atoms with van der Waals surface area (Å²) in [5.41, 5.74) is 1.06. The molecule has 2 N–H and O–H groups in total. The van der Waals surface area contributed by atoms with E-state index in [4.69, 9.17) is 25.8 Å². The number of hydrogen-bond donors (Lipinski definition) is 2. The minimum absolute atomic E-state index is 0.0696. The molecule has 10 nitrogen and oxygen atoms in total. The topological polar surface area (TPSA) is 109 Å². The number of alkyl halides is 3. The molecule has 14 heteroatoms. The Kier molecular flexibility index (Phi) is 14.8. The Morgan fingerprint density at radius 3 is 2.37 bits per heavy atom. The van der Waals surface area contributed by atoms with Crippen molar-refractivity contribution in [2.24, 2.45) is 5.92 Å². The third-order valence-electron chi connectivity index (χ3n) is 7.08. The largest absolute Gasteiger partial charge is 0.574 e. The predicted octanol–water partition coefficient (Wildman–Crippen LogP) is 6.07. The summed E-state index contributed by atoms with van der Waals surface area (Å²) in [5, 5.41) is 10.9. The molecule has 0 bridgehead atoms. The molecule has 2 aromatic rings. The van der Waals surface area contributed by atoms with Crippen molar-refractivity contribution in [1.29, 1.82) is 0 Å². The lowest BCUT2D eigenvalue weighted by molar-refractivity contribution is -0.276. The van der Waals surface area contributed by atoms with Gasteiger partial charge in [0.05, 0.1) is 62.3 Å². The normalized spacial score (nSPS) is 21.0. The molecular formula is C29H43ClF3N5O5. The lowest BCUT2D eigenvalue weighted by Crippen LogP contribution is -2.34. The molecule has 1 aliphatic carbocycles. The Balaban J connectivity index is 0.000000225. The summed E-state index contributed by atoms with van der Waals surface area (Å²) < 4.78 is 57.1. The van der Waals surface area contributed by atoms with E-state index in [0.717, 1.165) is 64.3 Å². The van der Waals surface area contributed by atoms with Crippen LogP contribution >= 0.6 is 11.6 Å². The van der Waals surface area contributed by atoms with Crippen LogP contribution in [0.1, 0.15) is 64.8 Å². The summed E-state index contributed by atoms with van der Waals surface area (Å²) in [6.07, 6.45) is 6.05. The summed E-state index contributed by atoms with van der Waals surface area (Å²) >= 11 is 6.27. The van der Waals surface area contributed by atoms with Gasteiger partial charge in [-0.15, -0.1) is 13.2 Å². The number of anilines is 2. The van der Waals surface area contributed by atoms with Crippen molar-refractivity contribution >= 4 is 23.0 Å². The summed E-state index contributed by atoms with van der Waals surface area (Å²) in [5.74, 6) is -0.0131. The molecule has 0 amide bonds. The maximum absolute atomic E-state index is 12.4. The van der Waals surface area contributed by atoms with Gasteiger partial charge in [-0.25, -0.2) is 9.67 Å². The zero-order chi connectivity index (χ0) is 31.1. The Hall–Kier alpha value is -2.61. The number of ether oxygens (including phenoxy) is 4. The molecule has 1 saturated carbocycles. The van der Waals surface area contributed by atoms with Gasteiger partial charge >= 0.3 is 6.36 Å². The SMILES string of the molecule is CC.FC(F)(F)Oc1ccc(NC[C@@H]2COCCO2)cn1.O=c1c(Cl)c(NCC2CCCOC2)cnn1C1CCCCC1. The highest BCUT2D eigenvalue weighted by atomic mass is 35.5. The molecule has 1 unspecified atom stereocenters. The second-order valence-corrected chi connectivity index (χ2v) is 10.6. The molecule has 0 radical (unpaired) electrons. The standard InChI is InChI=1S/C16H24ClN3O2.C11H13F3N2O3.C2H6/c17-15-14(18-9-12-5-4-8-22-11-12)10-19-20(16(15)21)13-6-2-1-3-7-13;12-11(13,14)19-10-2-1-8(5-16-10)15-6-9-7-17-3-4-18-9;1-2/h10,12-13,18H,1-9,11H2;1-2,5,9,15H,3-4,6-7H2;1-2H3/t;9-;/m.1./s1. The van der Waals surface area contributed by atoms with Crippen LogP contribution < -0.4 is 20.9 Å². The first-order valence-corrected chi connectivity index (χ1v) is 15.4. The average molecular weight is 634 g/mol. The number of nitrogens with zero attached hydrogens (tertiary/aromatic N) is 3. The number of hydrogen-bond acceptors (Lipinski definition) is 9. The Morgan fingerprint density at radius 1 is 0.977 bits per heavy atom. The van der Waals surface area contributed by atoms with Gasteiger partial charge < -0.3 is 29.6 Å². The molecule has 2 saturated heterocycles. The molecular weight excluding hydrogens is 591 g/mol. The molecule has 0 aromatic carbocycles. The van der Waals surface area contributed by atoms with Crippen molar-refractivity contribution in [2.45, 2.75) is 77.3 Å². The predicted molar refractivity (Wildman–Crippen MR) is 159 cm³/mol. The van der Waals surface area contributed by atoms with E-state index < -0.39 is 12.2 Å². The van der Waals surface area contributed by atoms with Crippen molar-refractivity contribution in [3.8, 4) is 5.88 Å². The highest BCUT2D eigenvalue weighted by Gasteiger charge is 2.31. The van der Waals surface area contributed by atoms with Gasteiger partial charge in [0.2, 0.25) is 5.88 Å². The fourth-order valence-electron chi connectivity index (χ4n) is 4.93. The van der Waals surface area contributed by atoms with Crippen LogP contribution in [-0.2, 0) is 14.2 Å². The molecule has 5 rings (SSSR count). The molecule has 43 heavy (non-hydrogen) atoms. The lowest BCUT2D eigenvalue weighted by atomic mass is 9.96. The highest BCUT2D eigenvalue weighted by molar-refractivity contribution is 6.32. The van der Waals surface area contributed by atoms with Gasteiger partial charge in [0.1, 0.15) is 5.02 Å². The number of rotatable bonds is 8. The van der Waals surface area contributed by atoms with E-state index in [1.807, 2.05) is 13.8 Å². The quantitative estimate of drug-likeness (QED) is 0.358. The fourth-order valence-corrected chi connectivity index (χ4v) is 5.13. The van der Waals surface area contributed by atoms with Gasteiger partial charge in [0, 0.05) is 25.8 Å². The van der Waals surface area contributed by atoms with Crippen molar-refractivity contribution < 1.29 is 32.1 Å². The molecule has 3 aliphatic rings. The van der Waals surface area contributed by atoms with E-state index in [0.29, 0.717) is 43.7 Å². The molecule has 242 valence electrons. The van der Waals surface area contributed by atoms with Gasteiger partial charge in [0.25, 0.3) is 5.56 Å². The molecule has 4 heterocycles. The van der Waals surface area contributed by atoms with Crippen LogP contribution in [0.4, 0.5) is 24.5 Å². The summed E-state index contributed by atoms with van der Waals surface area (Å²) in [6, 6.07) is 2.81. The zero-order valence-electron chi connectivity index (χ0n) is 24.8. The van der Waals surface area contributed by atoms with Crippen LogP contribution in [0, 0.1) is 5.92 Å². The minimum atomic E-state index is -4.73. The first-order valence-electron chi connectivity index (χ1n) is 15.0. The van der Waals surface area contributed by atoms with Crippen molar-refractivity contribution in [3.05, 3.63) is 39.9 Å². The van der Waals surface area contributed by atoms with E-state index >= 15 is 0 Å². The third-order valence-corrected chi connectivity index (χ3v) is 7.44. The average Bonchev–Trinajstić information content (AvgIpc) is 3.03. The van der Waals surface area contributed by atoms with Crippen LogP contribution in [0.5, 0.6) is 5.88 Å². The van der Waals surface area contributed by atoms with Gasteiger partial charge in [-0.1, -0.05) is 44.7 Å². The summed E-state index contributed by atoms with van der Waals surface area (Å²) in [4.78, 5) is 16.0. The zero-order valence-corrected chi connectivity index (χ0v) is 25.6. The minimum Gasteiger partial charge on any atom is -0.388 e. The van der Waals surface area contributed by atoms with Crippen LogP contribution in [0.15, 0.2) is 29.3 Å². The first kappa shape index (κ1) is 34.9. The maximum atomic E-state index is 12.4. The molecule has 2 aliphatic heterocycles. The second-order valence-electron chi connectivity index (χ2n) is 10.3. The van der Waals surface area contributed by atoms with Crippen LogP contribution in [0.3, 0.4) is 0 Å². The number of aromatic nitrogens is 3. The summed E-state index contributed by atoms with van der Waals surface area (Å²) in [6.45, 7) is 8.53. The van der Waals surface area contributed by atoms with E-state index in [1.165, 1.54) is 18.7 Å². The van der Waals surface area contributed by atoms with E-state index in [9.17, 15) is 18.0 Å². The van der Waals surface area contributed by atoms with E-state index in [1.54, 1.807) is 10.9 Å². The number of halogens is 4. The number of pyridine rings is 1. The third kappa shape index (κ3) is 12.1. The Morgan fingerprint density at radius 2 is 1.74 bits per heavy atom. The van der Waals surface area contributed by atoms with E-state index in [2.05, 4.69) is 25.5 Å². The molecule has 3 fully saturated rings. The molecule has 2 aromatic heterocycles. The first-order chi connectivity index (χ1) is 20.8. The van der Waals surface area contributed by atoms with Gasteiger partial charge in [-0.2, -0.15) is 5.10 Å². The van der Waals surface area contributed by atoms with E-state index in [-0.39, 0.29) is 22.7 Å². The Labute approximate surface area is 255 Å². The van der Waals surface area contributed by atoms with Gasteiger partial charge in [0.15, 0.2) is 0 Å². The number of nitrogens with one attached hydrogen (secondary N) is 2. The van der Waals surface area contributed by atoms with Gasteiger partial charge in [-0.3, -0.25) is 4.79 Å². The fraction of sp³-hybridized carbons (Fsp3) is 0.690. The summed E-state index contributed by atoms with van der Waals surface area (Å²) in [7, 11) is 0. The monoisotopic (exact) mass is 633 g/mol. The van der Waals surface area contributed by atoms with Crippen molar-refractivity contribution in [1.82, 2.24) is 14.8 Å². The Bertz CT molecular complexity index is 1120. The van der Waals surface area contributed by atoms with Gasteiger partial charge in [-0.05, 0) is 37.7 Å². The van der Waals surface area contributed by atoms with Crippen LogP contribution in [0.2, 0.25) is 5.02 Å². The van der Waals surface area contributed by atoms with Crippen molar-refractivity contribution in [3.63, 3.8) is 0 Å². The lowest BCUT2D eigenvalue weighted by Gasteiger charge is -2.24. The molecule has 2 atom stereocenters. The van der Waals surface area contributed by atoms with Crippen molar-refractivity contribution in [2.75, 3.05) is 56.8 Å². The molecule has 0 spiro atoms.